The number of hydrogen-bond donors (Lipinski definition) is 7. The third-order valence-electron chi connectivity index (χ3n) is 14.5. The number of unbranched alkanes of at least 4 members (excludes halogenated alkanes) is 3. The van der Waals surface area contributed by atoms with Crippen molar-refractivity contribution in [3.05, 3.63) is 71.4 Å². The van der Waals surface area contributed by atoms with Crippen LogP contribution < -0.4 is 26.4 Å². The number of nitrogens with zero attached hydrogens (tertiary/aromatic N) is 6. The molecule has 0 saturated carbocycles. The first-order valence-electron chi connectivity index (χ1n) is 28.1. The fraction of sp³-hybridized carbons (Fsp3) is 0.596. The van der Waals surface area contributed by atoms with Crippen LogP contribution >= 0.6 is 11.8 Å². The van der Waals surface area contributed by atoms with Gasteiger partial charge in [-0.3, -0.25) is 62.9 Å². The van der Waals surface area contributed by atoms with Crippen molar-refractivity contribution in [3.63, 3.8) is 0 Å². The summed E-state index contributed by atoms with van der Waals surface area (Å²) in [6.45, 7) is 5.61. The van der Waals surface area contributed by atoms with E-state index in [1.165, 1.54) is 22.9 Å². The standard InChI is InChI=1S/C57H84N10O12S/c1-42-12-14-43(15-13-42)9-7-10-50(68)60-23-35-80-41-49(62-51(69)37-63-26-28-64(38-53(71)72)30-32-66(40-55(75)76)33-31-65(29-27-63)39-54(73)74)57(78)61-21-5-2-3-11-52(70)67-24-19-44(20-25-67)8-4-6-34-79-45-16-17-48-47(36-45)46(56(58)77)18-22-59-48/h12-18,22,36,44,49H,2-11,19-21,23-35,37-41H2,1H3,(H2,58,77)(H,60,68)(H,61,78)(H,62,69)(H,71,72)(H,73,74)(H,75,76). The van der Waals surface area contributed by atoms with Gasteiger partial charge in [0.15, 0.2) is 0 Å². The lowest BCUT2D eigenvalue weighted by Gasteiger charge is -2.33. The van der Waals surface area contributed by atoms with Crippen molar-refractivity contribution in [2.24, 2.45) is 11.7 Å². The number of aliphatic carboxylic acids is 3. The highest BCUT2D eigenvalue weighted by molar-refractivity contribution is 7.99. The smallest absolute Gasteiger partial charge is 0.317 e. The number of pyridine rings is 1. The number of hydrogen-bond acceptors (Lipinski definition) is 15. The van der Waals surface area contributed by atoms with Gasteiger partial charge in [0.1, 0.15) is 11.8 Å². The third-order valence-corrected chi connectivity index (χ3v) is 15.5. The Kier molecular flexibility index (Phi) is 28.5. The zero-order chi connectivity index (χ0) is 57.7. The van der Waals surface area contributed by atoms with Gasteiger partial charge in [0.25, 0.3) is 0 Å². The molecule has 3 heterocycles. The molecule has 0 aliphatic carbocycles. The number of aromatic nitrogens is 1. The molecule has 8 N–H and O–H groups in total. The molecule has 0 spiro atoms. The summed E-state index contributed by atoms with van der Waals surface area (Å²) in [6.07, 6.45) is 10.7. The minimum absolute atomic E-state index is 0.0641. The molecule has 2 aromatic carbocycles. The van der Waals surface area contributed by atoms with Crippen LogP contribution in [-0.2, 0) is 40.0 Å². The van der Waals surface area contributed by atoms with Crippen LogP contribution in [0.3, 0.4) is 0 Å². The van der Waals surface area contributed by atoms with Crippen LogP contribution in [-0.4, -0.2) is 221 Å². The summed E-state index contributed by atoms with van der Waals surface area (Å²) >= 11 is 1.41. The first-order chi connectivity index (χ1) is 38.5. The van der Waals surface area contributed by atoms with Crippen LogP contribution in [0.25, 0.3) is 10.9 Å². The van der Waals surface area contributed by atoms with Gasteiger partial charge in [0, 0.05) is 114 Å². The fourth-order valence-electron chi connectivity index (χ4n) is 9.87. The Morgan fingerprint density at radius 2 is 1.29 bits per heavy atom. The van der Waals surface area contributed by atoms with Gasteiger partial charge in [0.2, 0.25) is 29.5 Å². The molecule has 22 nitrogen and oxygen atoms in total. The summed E-state index contributed by atoms with van der Waals surface area (Å²) in [4.78, 5) is 113. The van der Waals surface area contributed by atoms with E-state index in [1.807, 2.05) is 24.0 Å². The highest BCUT2D eigenvalue weighted by Crippen LogP contribution is 2.25. The van der Waals surface area contributed by atoms with Crippen LogP contribution in [0.15, 0.2) is 54.7 Å². The maximum atomic E-state index is 13.8. The van der Waals surface area contributed by atoms with Gasteiger partial charge < -0.3 is 46.6 Å². The highest BCUT2D eigenvalue weighted by Gasteiger charge is 2.26. The second-order valence-electron chi connectivity index (χ2n) is 20.8. The van der Waals surface area contributed by atoms with Gasteiger partial charge in [-0.1, -0.05) is 42.7 Å². The number of thioether (sulfide) groups is 1. The summed E-state index contributed by atoms with van der Waals surface area (Å²) in [7, 11) is 0. The molecule has 3 aromatic rings. The van der Waals surface area contributed by atoms with Gasteiger partial charge in [-0.2, -0.15) is 11.8 Å². The fourth-order valence-corrected chi connectivity index (χ4v) is 10.8. The average Bonchev–Trinajstić information content (AvgIpc) is 3.47. The number of amides is 5. The first kappa shape index (κ1) is 64.4. The minimum atomic E-state index is -1.06. The molecule has 1 atom stereocenters. The maximum absolute atomic E-state index is 13.8. The predicted octanol–water partition coefficient (Wildman–Crippen LogP) is 2.94. The number of piperidine rings is 1. The van der Waals surface area contributed by atoms with Crippen molar-refractivity contribution < 1.29 is 58.4 Å². The van der Waals surface area contributed by atoms with Crippen molar-refractivity contribution in [1.82, 2.24) is 45.4 Å². The SMILES string of the molecule is Cc1ccc(CCCC(=O)NCCSCC(NC(=O)CN2CCN(CC(=O)O)CCN(CC(=O)O)CCN(CC(=O)O)CC2)C(=O)NCCCCCC(=O)N2CCC(CCCCOc3ccc4nccc(C(N)=O)c4c3)CC2)cc1. The zero-order valence-electron chi connectivity index (χ0n) is 46.5. The number of nitrogens with one attached hydrogen (secondary N) is 3. The molecule has 0 bridgehead atoms. The molecule has 5 rings (SSSR count). The molecule has 2 aliphatic heterocycles. The summed E-state index contributed by atoms with van der Waals surface area (Å²) in [5.41, 5.74) is 8.98. The lowest BCUT2D eigenvalue weighted by atomic mass is 9.91. The number of carboxylic acids is 3. The largest absolute Gasteiger partial charge is 0.494 e. The predicted molar refractivity (Wildman–Crippen MR) is 305 cm³/mol. The monoisotopic (exact) mass is 1130 g/mol. The van der Waals surface area contributed by atoms with Crippen molar-refractivity contribution in [3.8, 4) is 5.75 Å². The van der Waals surface area contributed by atoms with E-state index in [4.69, 9.17) is 10.5 Å². The number of carbonyl (C=O) groups is 8. The lowest BCUT2D eigenvalue weighted by Crippen LogP contribution is -2.53. The molecule has 2 aliphatic rings. The van der Waals surface area contributed by atoms with E-state index >= 15 is 0 Å². The molecular formula is C57H84N10O12S. The van der Waals surface area contributed by atoms with Crippen LogP contribution in [0.1, 0.15) is 92.1 Å². The molecule has 1 unspecified atom stereocenters. The third kappa shape index (κ3) is 24.9. The van der Waals surface area contributed by atoms with Crippen molar-refractivity contribution in [1.29, 1.82) is 0 Å². The van der Waals surface area contributed by atoms with E-state index in [-0.39, 0.29) is 102 Å². The van der Waals surface area contributed by atoms with Gasteiger partial charge >= 0.3 is 17.9 Å². The Labute approximate surface area is 473 Å². The van der Waals surface area contributed by atoms with E-state index in [1.54, 1.807) is 37.9 Å². The van der Waals surface area contributed by atoms with E-state index in [0.29, 0.717) is 92.1 Å². The molecule has 1 aromatic heterocycles. The van der Waals surface area contributed by atoms with Gasteiger partial charge in [-0.25, -0.2) is 0 Å². The Morgan fingerprint density at radius 1 is 0.675 bits per heavy atom. The lowest BCUT2D eigenvalue weighted by molar-refractivity contribution is -0.140. The van der Waals surface area contributed by atoms with Crippen LogP contribution in [0, 0.1) is 12.8 Å². The number of nitrogens with two attached hydrogens (primary N) is 1. The van der Waals surface area contributed by atoms with E-state index in [0.717, 1.165) is 51.6 Å². The Morgan fingerprint density at radius 3 is 1.89 bits per heavy atom. The number of primary amides is 1. The Balaban J connectivity index is 1.05. The topological polar surface area (TPSA) is 298 Å². The van der Waals surface area contributed by atoms with Crippen molar-refractivity contribution in [2.75, 3.05) is 123 Å². The molecule has 80 heavy (non-hydrogen) atoms. The van der Waals surface area contributed by atoms with E-state index in [9.17, 15) is 53.7 Å². The number of carbonyl (C=O) groups excluding carboxylic acids is 5. The number of carboxylic acid groups (broad SMARTS) is 3. The number of ether oxygens (including phenoxy) is 1. The number of rotatable bonds is 32. The molecule has 2 fully saturated rings. The Bertz CT molecular complexity index is 2450. The summed E-state index contributed by atoms with van der Waals surface area (Å²) in [6, 6.07) is 14.4. The van der Waals surface area contributed by atoms with Gasteiger partial charge in [-0.05, 0) is 94.0 Å². The van der Waals surface area contributed by atoms with Crippen LogP contribution in [0.5, 0.6) is 5.75 Å². The normalized spacial score (nSPS) is 16.0. The summed E-state index contributed by atoms with van der Waals surface area (Å²) < 4.78 is 5.98. The second-order valence-corrected chi connectivity index (χ2v) is 22.0. The molecule has 0 radical (unpaired) electrons. The van der Waals surface area contributed by atoms with E-state index in [2.05, 4.69) is 45.2 Å². The number of likely N-dealkylation sites (tertiary alicyclic amines) is 1. The van der Waals surface area contributed by atoms with Gasteiger partial charge in [0.05, 0.1) is 43.9 Å². The minimum Gasteiger partial charge on any atom is -0.494 e. The summed E-state index contributed by atoms with van der Waals surface area (Å²) in [5, 5.41) is 38.3. The molecule has 2 saturated heterocycles. The molecular weight excluding hydrogens is 1050 g/mol. The van der Waals surface area contributed by atoms with Crippen LogP contribution in [0.2, 0.25) is 0 Å². The quantitative estimate of drug-likeness (QED) is 0.0442. The number of benzene rings is 2. The second kappa shape index (κ2) is 35.4. The maximum Gasteiger partial charge on any atom is 0.317 e. The van der Waals surface area contributed by atoms with Crippen LogP contribution in [0.4, 0.5) is 0 Å². The zero-order valence-corrected chi connectivity index (χ0v) is 47.3. The van der Waals surface area contributed by atoms with Crippen molar-refractivity contribution in [2.45, 2.75) is 90.0 Å². The summed E-state index contributed by atoms with van der Waals surface area (Å²) in [5.74, 6) is -2.52. The molecule has 440 valence electrons. The molecule has 23 heteroatoms. The van der Waals surface area contributed by atoms with Gasteiger partial charge in [-0.15, -0.1) is 0 Å². The Hall–Kier alpha value is -6.40. The average molecular weight is 1130 g/mol. The molecule has 5 amide bonds. The number of aryl methyl sites for hydroxylation is 2. The van der Waals surface area contributed by atoms with Crippen molar-refractivity contribution >= 4 is 70.1 Å². The first-order valence-corrected chi connectivity index (χ1v) is 29.3. The van der Waals surface area contributed by atoms with E-state index < -0.39 is 35.8 Å². The highest BCUT2D eigenvalue weighted by atomic mass is 32.2. The number of fused-ring (bicyclic) bond motifs is 1.